The van der Waals surface area contributed by atoms with E-state index in [-0.39, 0.29) is 18.0 Å². The summed E-state index contributed by atoms with van der Waals surface area (Å²) in [6.45, 7) is 13.5. The first-order valence-electron chi connectivity index (χ1n) is 9.35. The second kappa shape index (κ2) is 6.88. The van der Waals surface area contributed by atoms with E-state index in [1.165, 1.54) is 44.5 Å². The molecule has 1 N–H and O–H groups in total. The van der Waals surface area contributed by atoms with E-state index >= 15 is 0 Å². The van der Waals surface area contributed by atoms with Crippen molar-refractivity contribution in [2.75, 3.05) is 13.6 Å². The Morgan fingerprint density at radius 3 is 1.54 bits per heavy atom. The molecule has 26 heavy (non-hydrogen) atoms. The molecule has 3 heteroatoms. The fraction of sp³-hybridized carbons (Fsp3) is 0.435. The Balaban J connectivity index is 2.27. The maximum Gasteiger partial charge on any atom is 0.237 e. The van der Waals surface area contributed by atoms with Gasteiger partial charge in [0.1, 0.15) is 0 Å². The number of aryl methyl sites for hydroxylation is 6. The van der Waals surface area contributed by atoms with Crippen LogP contribution in [-0.2, 0) is 4.79 Å². The van der Waals surface area contributed by atoms with E-state index in [1.807, 2.05) is 11.9 Å². The van der Waals surface area contributed by atoms with E-state index in [1.54, 1.807) is 0 Å². The minimum Gasteiger partial charge on any atom is -0.328 e. The average molecular weight is 351 g/mol. The predicted molar refractivity (Wildman–Crippen MR) is 108 cm³/mol. The standard InChI is InChI=1S/C23H30N2O/c1-13-8-15(3)20(16(4)9-13)22(23-24-12-19(26)25(23)7)21-17(5)10-14(2)11-18(21)6/h8-11,22-24H,12H2,1-7H3/t23-/m1/s1. The zero-order valence-corrected chi connectivity index (χ0v) is 17.0. The van der Waals surface area contributed by atoms with Crippen molar-refractivity contribution in [1.82, 2.24) is 10.2 Å². The lowest BCUT2D eigenvalue weighted by Crippen LogP contribution is -2.41. The summed E-state index contributed by atoms with van der Waals surface area (Å²) in [5.41, 5.74) is 10.4. The van der Waals surface area contributed by atoms with Crippen LogP contribution >= 0.6 is 0 Å². The highest BCUT2D eigenvalue weighted by molar-refractivity contribution is 5.80. The molecule has 3 nitrogen and oxygen atoms in total. The molecule has 0 spiro atoms. The van der Waals surface area contributed by atoms with Gasteiger partial charge in [0.05, 0.1) is 12.7 Å². The van der Waals surface area contributed by atoms with Crippen molar-refractivity contribution in [2.45, 2.75) is 53.6 Å². The molecule has 1 saturated heterocycles. The molecule has 1 fully saturated rings. The van der Waals surface area contributed by atoms with Gasteiger partial charge >= 0.3 is 0 Å². The van der Waals surface area contributed by atoms with Crippen molar-refractivity contribution in [3.8, 4) is 0 Å². The monoisotopic (exact) mass is 350 g/mol. The molecule has 138 valence electrons. The molecule has 1 aliphatic rings. The van der Waals surface area contributed by atoms with Crippen LogP contribution in [0.15, 0.2) is 24.3 Å². The molecular weight excluding hydrogens is 320 g/mol. The highest BCUT2D eigenvalue weighted by Crippen LogP contribution is 2.39. The molecule has 1 aliphatic heterocycles. The van der Waals surface area contributed by atoms with E-state index < -0.39 is 0 Å². The second-order valence-electron chi connectivity index (χ2n) is 7.93. The first-order valence-corrected chi connectivity index (χ1v) is 9.35. The third kappa shape index (κ3) is 3.16. The Kier molecular flexibility index (Phi) is 4.94. The molecular formula is C23H30N2O. The summed E-state index contributed by atoms with van der Waals surface area (Å²) in [4.78, 5) is 14.1. The highest BCUT2D eigenvalue weighted by Gasteiger charge is 2.38. The van der Waals surface area contributed by atoms with E-state index in [2.05, 4.69) is 71.1 Å². The van der Waals surface area contributed by atoms with Crippen molar-refractivity contribution in [1.29, 1.82) is 0 Å². The third-order valence-electron chi connectivity index (χ3n) is 5.69. The van der Waals surface area contributed by atoms with Crippen LogP contribution < -0.4 is 5.32 Å². The Labute approximate surface area is 157 Å². The lowest BCUT2D eigenvalue weighted by molar-refractivity contribution is -0.126. The van der Waals surface area contributed by atoms with Crippen LogP contribution in [0.1, 0.15) is 50.4 Å². The molecule has 1 heterocycles. The van der Waals surface area contributed by atoms with Crippen molar-refractivity contribution in [2.24, 2.45) is 0 Å². The maximum absolute atomic E-state index is 12.3. The number of hydrogen-bond acceptors (Lipinski definition) is 2. The lowest BCUT2D eigenvalue weighted by atomic mass is 9.78. The van der Waals surface area contributed by atoms with Gasteiger partial charge in [-0.25, -0.2) is 0 Å². The van der Waals surface area contributed by atoms with Crippen molar-refractivity contribution in [3.63, 3.8) is 0 Å². The second-order valence-corrected chi connectivity index (χ2v) is 7.93. The number of carbonyl (C=O) groups excluding carboxylic acids is 1. The molecule has 0 saturated carbocycles. The Morgan fingerprint density at radius 1 is 0.846 bits per heavy atom. The molecule has 0 bridgehead atoms. The fourth-order valence-electron chi connectivity index (χ4n) is 4.77. The van der Waals surface area contributed by atoms with Gasteiger partial charge in [0.25, 0.3) is 0 Å². The molecule has 2 aromatic carbocycles. The minimum atomic E-state index is -0.0253. The zero-order valence-electron chi connectivity index (χ0n) is 17.0. The first kappa shape index (κ1) is 18.7. The smallest absolute Gasteiger partial charge is 0.237 e. The molecule has 3 rings (SSSR count). The Bertz CT molecular complexity index is 765. The van der Waals surface area contributed by atoms with Gasteiger partial charge in [-0.05, 0) is 74.9 Å². The lowest BCUT2D eigenvalue weighted by Gasteiger charge is -2.34. The SMILES string of the molecule is Cc1cc(C)c(C(c2c(C)cc(C)cc2C)[C@@H]2NCC(=O)N2C)c(C)c1. The number of nitrogens with one attached hydrogen (secondary N) is 1. The summed E-state index contributed by atoms with van der Waals surface area (Å²) in [7, 11) is 1.91. The average Bonchev–Trinajstić information content (AvgIpc) is 2.83. The van der Waals surface area contributed by atoms with Crippen LogP contribution in [0.4, 0.5) is 0 Å². The summed E-state index contributed by atoms with van der Waals surface area (Å²) < 4.78 is 0. The molecule has 0 radical (unpaired) electrons. The molecule has 1 atom stereocenters. The van der Waals surface area contributed by atoms with Crippen LogP contribution in [0, 0.1) is 41.5 Å². The van der Waals surface area contributed by atoms with Crippen LogP contribution in [0.25, 0.3) is 0 Å². The molecule has 1 amide bonds. The summed E-state index contributed by atoms with van der Waals surface area (Å²) in [5, 5.41) is 3.47. The van der Waals surface area contributed by atoms with E-state index in [0.29, 0.717) is 6.54 Å². The quantitative estimate of drug-likeness (QED) is 0.905. The van der Waals surface area contributed by atoms with Gasteiger partial charge in [-0.15, -0.1) is 0 Å². The van der Waals surface area contributed by atoms with Crippen molar-refractivity contribution >= 4 is 5.91 Å². The van der Waals surface area contributed by atoms with Gasteiger partial charge in [0.15, 0.2) is 0 Å². The number of nitrogens with zero attached hydrogens (tertiary/aromatic N) is 1. The van der Waals surface area contributed by atoms with Gasteiger partial charge in [-0.3, -0.25) is 10.1 Å². The summed E-state index contributed by atoms with van der Waals surface area (Å²) >= 11 is 0. The number of rotatable bonds is 3. The normalized spacial score (nSPS) is 17.5. The topological polar surface area (TPSA) is 32.3 Å². The van der Waals surface area contributed by atoms with Crippen LogP contribution in [0.2, 0.25) is 0 Å². The predicted octanol–water partition coefficient (Wildman–Crippen LogP) is 4.06. The van der Waals surface area contributed by atoms with E-state index in [0.717, 1.165) is 0 Å². The maximum atomic E-state index is 12.3. The minimum absolute atomic E-state index is 0.0253. The van der Waals surface area contributed by atoms with Gasteiger partial charge in [-0.1, -0.05) is 35.4 Å². The third-order valence-corrected chi connectivity index (χ3v) is 5.69. The Hall–Kier alpha value is -2.13. The van der Waals surface area contributed by atoms with Gasteiger partial charge in [0, 0.05) is 13.0 Å². The number of likely N-dealkylation sites (N-methyl/N-ethyl adjacent to an activating group) is 1. The van der Waals surface area contributed by atoms with Crippen molar-refractivity contribution < 1.29 is 4.79 Å². The summed E-state index contributed by atoms with van der Waals surface area (Å²) in [5.74, 6) is 0.275. The number of benzene rings is 2. The number of carbonyl (C=O) groups is 1. The summed E-state index contributed by atoms with van der Waals surface area (Å²) in [6.07, 6.45) is -0.0253. The molecule has 0 aliphatic carbocycles. The summed E-state index contributed by atoms with van der Waals surface area (Å²) in [6, 6.07) is 9.02. The number of amides is 1. The van der Waals surface area contributed by atoms with Gasteiger partial charge < -0.3 is 4.90 Å². The van der Waals surface area contributed by atoms with E-state index in [4.69, 9.17) is 0 Å². The Morgan fingerprint density at radius 2 is 1.23 bits per heavy atom. The van der Waals surface area contributed by atoms with Gasteiger partial charge in [-0.2, -0.15) is 0 Å². The zero-order chi connectivity index (χ0) is 19.2. The van der Waals surface area contributed by atoms with Crippen LogP contribution in [-0.4, -0.2) is 30.6 Å². The van der Waals surface area contributed by atoms with Crippen molar-refractivity contribution in [3.05, 3.63) is 68.8 Å². The molecule has 2 aromatic rings. The van der Waals surface area contributed by atoms with Crippen LogP contribution in [0.5, 0.6) is 0 Å². The first-order chi connectivity index (χ1) is 12.2. The fourth-order valence-corrected chi connectivity index (χ4v) is 4.77. The van der Waals surface area contributed by atoms with Crippen LogP contribution in [0.3, 0.4) is 0 Å². The molecule has 0 unspecified atom stereocenters. The largest absolute Gasteiger partial charge is 0.328 e. The van der Waals surface area contributed by atoms with E-state index in [9.17, 15) is 4.79 Å². The van der Waals surface area contributed by atoms with Gasteiger partial charge in [0.2, 0.25) is 5.91 Å². The molecule has 0 aromatic heterocycles. The highest BCUT2D eigenvalue weighted by atomic mass is 16.2. The number of hydrogen-bond donors (Lipinski definition) is 1.